The molecule has 2 aromatic rings. The van der Waals surface area contributed by atoms with Crippen LogP contribution in [0.2, 0.25) is 0 Å². The van der Waals surface area contributed by atoms with Crippen molar-refractivity contribution in [3.8, 4) is 0 Å². The minimum absolute atomic E-state index is 0.688. The van der Waals surface area contributed by atoms with Crippen LogP contribution in [-0.4, -0.2) is 14.4 Å². The second-order valence-electron chi connectivity index (χ2n) is 3.61. The number of nitrogens with two attached hydrogens (primary N) is 1. The Kier molecular flexibility index (Phi) is 1.74. The van der Waals surface area contributed by atoms with Crippen molar-refractivity contribution in [2.45, 2.75) is 27.7 Å². The number of rotatable bonds is 0. The van der Waals surface area contributed by atoms with Gasteiger partial charge in [0.2, 0.25) is 0 Å². The van der Waals surface area contributed by atoms with Crippen LogP contribution < -0.4 is 5.73 Å². The second-order valence-corrected chi connectivity index (χ2v) is 3.61. The Labute approximate surface area is 82.8 Å². The molecule has 0 bridgehead atoms. The quantitative estimate of drug-likeness (QED) is 0.685. The highest BCUT2D eigenvalue weighted by Gasteiger charge is 2.11. The van der Waals surface area contributed by atoms with Crippen molar-refractivity contribution >= 4 is 11.5 Å². The number of imidazole rings is 1. The molecule has 2 heterocycles. The van der Waals surface area contributed by atoms with Crippen molar-refractivity contribution in [2.75, 3.05) is 5.73 Å². The van der Waals surface area contributed by atoms with E-state index in [2.05, 4.69) is 9.97 Å². The molecule has 0 saturated carbocycles. The molecule has 74 valence electrons. The summed E-state index contributed by atoms with van der Waals surface area (Å²) < 4.78 is 1.90. The Balaban J connectivity index is 3.02. The van der Waals surface area contributed by atoms with Crippen LogP contribution in [-0.2, 0) is 0 Å². The minimum atomic E-state index is 0.688. The Hall–Kier alpha value is -1.58. The van der Waals surface area contributed by atoms with E-state index in [-0.39, 0.29) is 0 Å². The highest BCUT2D eigenvalue weighted by molar-refractivity contribution is 5.58. The predicted molar refractivity (Wildman–Crippen MR) is 56.3 cm³/mol. The second kappa shape index (κ2) is 2.70. The number of nitrogen functional groups attached to an aromatic ring is 1. The van der Waals surface area contributed by atoms with Gasteiger partial charge >= 0.3 is 0 Å². The van der Waals surface area contributed by atoms with E-state index in [1.54, 1.807) is 0 Å². The standard InChI is InChI=1S/C10H14N4/c1-5-6(2)12-8(4)14-9(11)7(3)13-10(5)14/h11H2,1-4H3. The molecule has 0 fully saturated rings. The van der Waals surface area contributed by atoms with Gasteiger partial charge in [-0.15, -0.1) is 0 Å². The first-order chi connectivity index (χ1) is 6.52. The molecule has 4 heteroatoms. The van der Waals surface area contributed by atoms with Gasteiger partial charge in [-0.05, 0) is 27.7 Å². The molecule has 0 aliphatic rings. The molecule has 0 aliphatic heterocycles. The van der Waals surface area contributed by atoms with E-state index in [4.69, 9.17) is 5.73 Å². The lowest BCUT2D eigenvalue weighted by atomic mass is 10.2. The Morgan fingerprint density at radius 2 is 1.64 bits per heavy atom. The summed E-state index contributed by atoms with van der Waals surface area (Å²) in [6.45, 7) is 7.86. The van der Waals surface area contributed by atoms with Gasteiger partial charge in [0, 0.05) is 11.3 Å². The fourth-order valence-corrected chi connectivity index (χ4v) is 1.66. The lowest BCUT2D eigenvalue weighted by molar-refractivity contribution is 0.950. The van der Waals surface area contributed by atoms with Gasteiger partial charge in [-0.1, -0.05) is 0 Å². The maximum atomic E-state index is 5.92. The molecule has 0 aromatic carbocycles. The molecule has 14 heavy (non-hydrogen) atoms. The molecule has 4 nitrogen and oxygen atoms in total. The molecule has 0 radical (unpaired) electrons. The first-order valence-electron chi connectivity index (χ1n) is 4.60. The van der Waals surface area contributed by atoms with E-state index in [9.17, 15) is 0 Å². The maximum Gasteiger partial charge on any atom is 0.144 e. The van der Waals surface area contributed by atoms with Gasteiger partial charge in [-0.25, -0.2) is 9.97 Å². The number of nitrogens with zero attached hydrogens (tertiary/aromatic N) is 3. The van der Waals surface area contributed by atoms with Crippen molar-refractivity contribution < 1.29 is 0 Å². The maximum absolute atomic E-state index is 5.92. The average molecular weight is 190 g/mol. The van der Waals surface area contributed by atoms with E-state index in [0.29, 0.717) is 5.82 Å². The molecule has 2 aromatic heterocycles. The van der Waals surface area contributed by atoms with Crippen LogP contribution in [0.5, 0.6) is 0 Å². The van der Waals surface area contributed by atoms with Crippen LogP contribution in [0, 0.1) is 27.7 Å². The third-order valence-electron chi connectivity index (χ3n) is 2.63. The average Bonchev–Trinajstić information content (AvgIpc) is 2.40. The van der Waals surface area contributed by atoms with E-state index >= 15 is 0 Å². The normalized spacial score (nSPS) is 11.1. The van der Waals surface area contributed by atoms with E-state index in [1.165, 1.54) is 0 Å². The summed E-state index contributed by atoms with van der Waals surface area (Å²) in [7, 11) is 0. The molecule has 0 spiro atoms. The van der Waals surface area contributed by atoms with E-state index < -0.39 is 0 Å². The molecular formula is C10H14N4. The van der Waals surface area contributed by atoms with Crippen molar-refractivity contribution in [1.82, 2.24) is 14.4 Å². The molecule has 0 unspecified atom stereocenters. The molecule has 0 aliphatic carbocycles. The summed E-state index contributed by atoms with van der Waals surface area (Å²) in [6, 6.07) is 0. The van der Waals surface area contributed by atoms with Crippen molar-refractivity contribution in [1.29, 1.82) is 0 Å². The van der Waals surface area contributed by atoms with Crippen molar-refractivity contribution in [3.63, 3.8) is 0 Å². The topological polar surface area (TPSA) is 56.2 Å². The smallest absolute Gasteiger partial charge is 0.144 e. The molecular weight excluding hydrogens is 176 g/mol. The van der Waals surface area contributed by atoms with Crippen molar-refractivity contribution in [2.24, 2.45) is 0 Å². The monoisotopic (exact) mass is 190 g/mol. The summed E-state index contributed by atoms with van der Waals surface area (Å²) in [5.41, 5.74) is 9.81. The summed E-state index contributed by atoms with van der Waals surface area (Å²) in [6.07, 6.45) is 0. The van der Waals surface area contributed by atoms with Crippen LogP contribution in [0.4, 0.5) is 5.82 Å². The summed E-state index contributed by atoms with van der Waals surface area (Å²) >= 11 is 0. The summed E-state index contributed by atoms with van der Waals surface area (Å²) in [5.74, 6) is 1.58. The Bertz CT molecular complexity index is 511. The highest BCUT2D eigenvalue weighted by atomic mass is 15.1. The van der Waals surface area contributed by atoms with Gasteiger partial charge in [0.05, 0.1) is 5.69 Å². The van der Waals surface area contributed by atoms with E-state index in [0.717, 1.165) is 28.4 Å². The van der Waals surface area contributed by atoms with Crippen LogP contribution in [0.15, 0.2) is 0 Å². The predicted octanol–water partition coefficient (Wildman–Crippen LogP) is 1.55. The minimum Gasteiger partial charge on any atom is -0.383 e. The zero-order valence-electron chi connectivity index (χ0n) is 8.92. The number of hydrogen-bond acceptors (Lipinski definition) is 3. The van der Waals surface area contributed by atoms with Gasteiger partial charge in [0.1, 0.15) is 17.3 Å². The number of anilines is 1. The first kappa shape index (κ1) is 8.99. The number of fused-ring (bicyclic) bond motifs is 1. The SMILES string of the molecule is Cc1nc(C)n2c(N)c(C)nc2c1C. The molecule has 2 N–H and O–H groups in total. The Morgan fingerprint density at radius 3 is 2.29 bits per heavy atom. The Morgan fingerprint density at radius 1 is 1.00 bits per heavy atom. The fraction of sp³-hybridized carbons (Fsp3) is 0.400. The third kappa shape index (κ3) is 0.999. The van der Waals surface area contributed by atoms with Crippen molar-refractivity contribution in [3.05, 3.63) is 22.8 Å². The van der Waals surface area contributed by atoms with Gasteiger partial charge in [0.25, 0.3) is 0 Å². The lowest BCUT2D eigenvalue weighted by Gasteiger charge is -2.06. The largest absolute Gasteiger partial charge is 0.383 e. The zero-order chi connectivity index (χ0) is 10.5. The number of aryl methyl sites for hydroxylation is 4. The van der Waals surface area contributed by atoms with Gasteiger partial charge in [0.15, 0.2) is 0 Å². The molecule has 0 atom stereocenters. The number of aromatic nitrogens is 3. The number of hydrogen-bond donors (Lipinski definition) is 1. The molecule has 0 amide bonds. The highest BCUT2D eigenvalue weighted by Crippen LogP contribution is 2.19. The van der Waals surface area contributed by atoms with Crippen LogP contribution in [0.25, 0.3) is 5.65 Å². The van der Waals surface area contributed by atoms with Crippen LogP contribution in [0.3, 0.4) is 0 Å². The van der Waals surface area contributed by atoms with Gasteiger partial charge in [-0.3, -0.25) is 4.40 Å². The zero-order valence-corrected chi connectivity index (χ0v) is 8.92. The molecule has 2 rings (SSSR count). The van der Waals surface area contributed by atoms with Gasteiger partial charge < -0.3 is 5.73 Å². The third-order valence-corrected chi connectivity index (χ3v) is 2.63. The van der Waals surface area contributed by atoms with Crippen LogP contribution in [0.1, 0.15) is 22.8 Å². The summed E-state index contributed by atoms with van der Waals surface area (Å²) in [4.78, 5) is 8.85. The van der Waals surface area contributed by atoms with E-state index in [1.807, 2.05) is 32.1 Å². The molecule has 0 saturated heterocycles. The van der Waals surface area contributed by atoms with Gasteiger partial charge in [-0.2, -0.15) is 0 Å². The fourth-order valence-electron chi connectivity index (χ4n) is 1.66. The first-order valence-corrected chi connectivity index (χ1v) is 4.60. The lowest BCUT2D eigenvalue weighted by Crippen LogP contribution is -2.03. The van der Waals surface area contributed by atoms with Crippen LogP contribution >= 0.6 is 0 Å². The summed E-state index contributed by atoms with van der Waals surface area (Å²) in [5, 5.41) is 0.